The van der Waals surface area contributed by atoms with Crippen molar-refractivity contribution in [2.45, 2.75) is 11.3 Å². The van der Waals surface area contributed by atoms with Crippen LogP contribution in [0, 0.1) is 5.82 Å². The highest BCUT2D eigenvalue weighted by Gasteiger charge is 2.27. The third-order valence-electron chi connectivity index (χ3n) is 3.96. The molecule has 2 aromatic carbocycles. The van der Waals surface area contributed by atoms with E-state index in [0.29, 0.717) is 17.1 Å². The molecule has 0 amide bonds. The van der Waals surface area contributed by atoms with Gasteiger partial charge in [-0.15, -0.1) is 0 Å². The van der Waals surface area contributed by atoms with Gasteiger partial charge in [-0.2, -0.15) is 4.37 Å². The van der Waals surface area contributed by atoms with Crippen LogP contribution in [0.1, 0.15) is 11.4 Å². The van der Waals surface area contributed by atoms with Crippen molar-refractivity contribution < 1.29 is 17.5 Å². The summed E-state index contributed by atoms with van der Waals surface area (Å²) in [5.41, 5.74) is 6.06. The molecule has 10 heteroatoms. The summed E-state index contributed by atoms with van der Waals surface area (Å²) < 4.78 is 50.3. The molecule has 7 nitrogen and oxygen atoms in total. The van der Waals surface area contributed by atoms with Crippen LogP contribution < -0.4 is 14.8 Å². The Morgan fingerprint density at radius 2 is 1.89 bits per heavy atom. The molecule has 0 aliphatic heterocycles. The van der Waals surface area contributed by atoms with E-state index in [1.54, 1.807) is 30.3 Å². The normalized spacial score (nSPS) is 11.4. The Morgan fingerprint density at radius 1 is 1.18 bits per heavy atom. The summed E-state index contributed by atoms with van der Waals surface area (Å²) in [6.07, 6.45) is 0.169. The van der Waals surface area contributed by atoms with Crippen molar-refractivity contribution in [3.63, 3.8) is 0 Å². The highest BCUT2D eigenvalue weighted by atomic mass is 32.2. The molecule has 0 radical (unpaired) electrons. The lowest BCUT2D eigenvalue weighted by Gasteiger charge is -2.20. The Morgan fingerprint density at radius 3 is 2.54 bits per heavy atom. The fraction of sp³-hybridized carbons (Fsp3) is 0.222. The van der Waals surface area contributed by atoms with E-state index in [4.69, 9.17) is 10.5 Å². The van der Waals surface area contributed by atoms with Gasteiger partial charge in [0.15, 0.2) is 0 Å². The molecule has 0 spiro atoms. The van der Waals surface area contributed by atoms with Crippen molar-refractivity contribution in [2.75, 3.05) is 24.5 Å². The molecule has 148 valence electrons. The van der Waals surface area contributed by atoms with E-state index in [2.05, 4.69) is 9.36 Å². The second-order valence-electron chi connectivity index (χ2n) is 5.80. The maximum Gasteiger partial charge on any atom is 0.266 e. The summed E-state index contributed by atoms with van der Waals surface area (Å²) in [7, 11) is -2.37. The number of sulfonamides is 1. The molecule has 0 bridgehead atoms. The largest absolute Gasteiger partial charge is 0.497 e. The van der Waals surface area contributed by atoms with Crippen LogP contribution >= 0.6 is 11.5 Å². The fourth-order valence-electron chi connectivity index (χ4n) is 2.54. The number of hydrogen-bond donors (Lipinski definition) is 1. The molecule has 0 saturated carbocycles. The van der Waals surface area contributed by atoms with E-state index >= 15 is 0 Å². The molecule has 0 aliphatic carbocycles. The van der Waals surface area contributed by atoms with E-state index in [-0.39, 0.29) is 35.4 Å². The van der Waals surface area contributed by atoms with Gasteiger partial charge in [0, 0.05) is 31.0 Å². The lowest BCUT2D eigenvalue weighted by molar-refractivity contribution is 0.414. The van der Waals surface area contributed by atoms with Gasteiger partial charge in [0.2, 0.25) is 5.13 Å². The molecule has 3 aromatic rings. The Kier molecular flexibility index (Phi) is 6.22. The maximum atomic E-state index is 13.8. The topological polar surface area (TPSA) is 98.4 Å². The van der Waals surface area contributed by atoms with Gasteiger partial charge >= 0.3 is 0 Å². The first kappa shape index (κ1) is 20.2. The van der Waals surface area contributed by atoms with Crippen molar-refractivity contribution in [1.29, 1.82) is 0 Å². The number of hydrogen-bond acceptors (Lipinski definition) is 7. The number of anilines is 1. The summed E-state index contributed by atoms with van der Waals surface area (Å²) in [6, 6.07) is 12.4. The molecule has 2 N–H and O–H groups in total. The van der Waals surface area contributed by atoms with Crippen LogP contribution in [0.2, 0.25) is 0 Å². The fourth-order valence-corrected chi connectivity index (χ4v) is 4.88. The zero-order valence-electron chi connectivity index (χ0n) is 15.1. The predicted molar refractivity (Wildman–Crippen MR) is 106 cm³/mol. The van der Waals surface area contributed by atoms with Crippen LogP contribution in [-0.2, 0) is 16.4 Å². The Labute approximate surface area is 166 Å². The smallest absolute Gasteiger partial charge is 0.266 e. The number of rotatable bonds is 8. The van der Waals surface area contributed by atoms with Crippen LogP contribution in [0.4, 0.5) is 9.52 Å². The van der Waals surface area contributed by atoms with Gasteiger partial charge in [-0.25, -0.2) is 22.1 Å². The van der Waals surface area contributed by atoms with Gasteiger partial charge in [-0.1, -0.05) is 18.2 Å². The molecule has 0 saturated heterocycles. The summed E-state index contributed by atoms with van der Waals surface area (Å²) in [4.78, 5) is 4.39. The monoisotopic (exact) mass is 422 g/mol. The third-order valence-corrected chi connectivity index (χ3v) is 6.65. The van der Waals surface area contributed by atoms with Gasteiger partial charge in [0.25, 0.3) is 10.0 Å². The first-order valence-electron chi connectivity index (χ1n) is 8.38. The number of aromatic nitrogens is 2. The zero-order chi connectivity index (χ0) is 20.1. The Bertz CT molecular complexity index is 1040. The SMILES string of the molecule is COc1ccc(S(=O)(=O)N(CCN)c2nc(Cc3ccccc3F)ns2)cc1. The third kappa shape index (κ3) is 4.29. The van der Waals surface area contributed by atoms with Gasteiger partial charge < -0.3 is 10.5 Å². The van der Waals surface area contributed by atoms with E-state index in [1.165, 1.54) is 25.3 Å². The first-order chi connectivity index (χ1) is 13.5. The highest BCUT2D eigenvalue weighted by Crippen LogP contribution is 2.27. The summed E-state index contributed by atoms with van der Waals surface area (Å²) in [6.45, 7) is 0.153. The van der Waals surface area contributed by atoms with Gasteiger partial charge in [-0.3, -0.25) is 0 Å². The van der Waals surface area contributed by atoms with Crippen LogP contribution in [0.5, 0.6) is 5.75 Å². The molecular weight excluding hydrogens is 403 g/mol. The van der Waals surface area contributed by atoms with Gasteiger partial charge in [0.05, 0.1) is 12.0 Å². The first-order valence-corrected chi connectivity index (χ1v) is 10.6. The summed E-state index contributed by atoms with van der Waals surface area (Å²) >= 11 is 0.935. The second-order valence-corrected chi connectivity index (χ2v) is 8.40. The highest BCUT2D eigenvalue weighted by molar-refractivity contribution is 7.93. The van der Waals surface area contributed by atoms with Gasteiger partial charge in [-0.05, 0) is 35.9 Å². The minimum Gasteiger partial charge on any atom is -0.497 e. The number of ether oxygens (including phenoxy) is 1. The lowest BCUT2D eigenvalue weighted by Crippen LogP contribution is -2.35. The van der Waals surface area contributed by atoms with Crippen molar-refractivity contribution in [3.8, 4) is 5.75 Å². The quantitative estimate of drug-likeness (QED) is 0.599. The van der Waals surface area contributed by atoms with Crippen molar-refractivity contribution in [2.24, 2.45) is 5.73 Å². The number of nitrogens with zero attached hydrogens (tertiary/aromatic N) is 3. The van der Waals surface area contributed by atoms with Crippen molar-refractivity contribution in [1.82, 2.24) is 9.36 Å². The molecule has 3 rings (SSSR count). The molecule has 0 unspecified atom stereocenters. The molecule has 1 heterocycles. The molecule has 1 aromatic heterocycles. The average molecular weight is 423 g/mol. The Hall–Kier alpha value is -2.56. The van der Waals surface area contributed by atoms with Crippen molar-refractivity contribution >= 4 is 26.7 Å². The maximum absolute atomic E-state index is 13.8. The van der Waals surface area contributed by atoms with Crippen LogP contribution in [0.15, 0.2) is 53.4 Å². The number of methoxy groups -OCH3 is 1. The minimum absolute atomic E-state index is 0.0443. The Balaban J connectivity index is 1.89. The average Bonchev–Trinajstić information content (AvgIpc) is 3.15. The van der Waals surface area contributed by atoms with E-state index in [0.717, 1.165) is 15.8 Å². The molecule has 0 fully saturated rings. The number of benzene rings is 2. The van der Waals surface area contributed by atoms with E-state index < -0.39 is 10.0 Å². The second kappa shape index (κ2) is 8.63. The molecule has 28 heavy (non-hydrogen) atoms. The molecule has 0 aliphatic rings. The molecular formula is C18H19FN4O3S2. The van der Waals surface area contributed by atoms with E-state index in [9.17, 15) is 12.8 Å². The number of nitrogens with two attached hydrogens (primary N) is 1. The standard InChI is InChI=1S/C18H19FN4O3S2/c1-26-14-6-8-15(9-7-14)28(24,25)23(11-10-20)18-21-17(22-27-18)12-13-4-2-3-5-16(13)19/h2-9H,10-12,20H2,1H3. The van der Waals surface area contributed by atoms with Crippen LogP contribution in [-0.4, -0.2) is 38.0 Å². The van der Waals surface area contributed by atoms with E-state index in [1.807, 2.05) is 0 Å². The zero-order valence-corrected chi connectivity index (χ0v) is 16.7. The summed E-state index contributed by atoms with van der Waals surface area (Å²) in [5.74, 6) is 0.535. The van der Waals surface area contributed by atoms with Gasteiger partial charge in [0.1, 0.15) is 17.4 Å². The summed E-state index contributed by atoms with van der Waals surface area (Å²) in [5, 5.41) is 0.188. The van der Waals surface area contributed by atoms with Crippen LogP contribution in [0.25, 0.3) is 0 Å². The molecule has 0 atom stereocenters. The van der Waals surface area contributed by atoms with Crippen molar-refractivity contribution in [3.05, 3.63) is 65.7 Å². The minimum atomic E-state index is -3.88. The number of halogens is 1. The lowest BCUT2D eigenvalue weighted by atomic mass is 10.1. The predicted octanol–water partition coefficient (Wildman–Crippen LogP) is 2.43. The van der Waals surface area contributed by atoms with Crippen LogP contribution in [0.3, 0.4) is 0 Å².